The van der Waals surface area contributed by atoms with E-state index >= 15 is 0 Å². The van der Waals surface area contributed by atoms with Crippen LogP contribution in [0.1, 0.15) is 103 Å². The third-order valence-electron chi connectivity index (χ3n) is 7.14. The molecule has 0 spiro atoms. The molecule has 1 aromatic heterocycles. The van der Waals surface area contributed by atoms with Gasteiger partial charge in [0.1, 0.15) is 11.5 Å². The van der Waals surface area contributed by atoms with Gasteiger partial charge in [0.15, 0.2) is 0 Å². The topological polar surface area (TPSA) is 93.6 Å². The molecular formula is C27H51N5O3. The summed E-state index contributed by atoms with van der Waals surface area (Å²) in [5.74, 6) is 0.686. The van der Waals surface area contributed by atoms with Crippen LogP contribution in [0.25, 0.3) is 0 Å². The lowest BCUT2D eigenvalue weighted by Gasteiger charge is -2.20. The van der Waals surface area contributed by atoms with Crippen LogP contribution in [0.15, 0.2) is 9.59 Å². The molecule has 0 fully saturated rings. The van der Waals surface area contributed by atoms with Crippen LogP contribution in [0, 0.1) is 0 Å². The molecular weight excluding hydrogens is 442 g/mol. The van der Waals surface area contributed by atoms with Gasteiger partial charge in [0, 0.05) is 27.2 Å². The number of hydrogen-bond donors (Lipinski definition) is 3. The Morgan fingerprint density at radius 1 is 0.886 bits per heavy atom. The minimum atomic E-state index is -0.385. The molecule has 0 aliphatic carbocycles. The van der Waals surface area contributed by atoms with E-state index in [-0.39, 0.29) is 17.4 Å². The van der Waals surface area contributed by atoms with E-state index in [1.165, 1.54) is 81.6 Å². The lowest BCUT2D eigenvalue weighted by atomic mass is 10.1. The lowest BCUT2D eigenvalue weighted by Crippen LogP contribution is -2.33. The number of hydrogen-bond acceptors (Lipinski definition) is 6. The fraction of sp³-hybridized carbons (Fsp3) is 0.852. The number of nitrogens with zero attached hydrogens (tertiary/aromatic N) is 3. The van der Waals surface area contributed by atoms with E-state index in [0.29, 0.717) is 24.7 Å². The molecule has 35 heavy (non-hydrogen) atoms. The van der Waals surface area contributed by atoms with E-state index in [2.05, 4.69) is 22.1 Å². The van der Waals surface area contributed by atoms with E-state index < -0.39 is 0 Å². The maximum atomic E-state index is 12.2. The smallest absolute Gasteiger partial charge is 0.329 e. The first-order valence-corrected chi connectivity index (χ1v) is 14.1. The van der Waals surface area contributed by atoms with Crippen LogP contribution in [0.3, 0.4) is 0 Å². The van der Waals surface area contributed by atoms with Crippen LogP contribution in [-0.2, 0) is 7.05 Å². The van der Waals surface area contributed by atoms with Crippen molar-refractivity contribution in [2.45, 2.75) is 109 Å². The maximum Gasteiger partial charge on any atom is 0.329 e. The maximum absolute atomic E-state index is 12.2. The van der Waals surface area contributed by atoms with Gasteiger partial charge in [-0.15, -0.1) is 0 Å². The summed E-state index contributed by atoms with van der Waals surface area (Å²) in [6, 6.07) is 0. The highest BCUT2D eigenvalue weighted by Crippen LogP contribution is 2.29. The molecule has 2 rings (SSSR count). The Morgan fingerprint density at radius 3 is 2.11 bits per heavy atom. The third-order valence-corrected chi connectivity index (χ3v) is 7.14. The number of nitrogens with one attached hydrogen (secondary N) is 2. The number of fused-ring (bicyclic) bond motifs is 1. The van der Waals surface area contributed by atoms with Crippen molar-refractivity contribution >= 4 is 11.5 Å². The molecule has 0 bridgehead atoms. The molecule has 0 aromatic carbocycles. The zero-order valence-corrected chi connectivity index (χ0v) is 22.6. The summed E-state index contributed by atoms with van der Waals surface area (Å²) >= 11 is 0. The van der Waals surface area contributed by atoms with Crippen molar-refractivity contribution in [2.75, 3.05) is 43.2 Å². The van der Waals surface area contributed by atoms with Crippen LogP contribution in [0.5, 0.6) is 0 Å². The first-order valence-electron chi connectivity index (χ1n) is 14.1. The Bertz CT molecular complexity index is 822. The molecule has 202 valence electrons. The summed E-state index contributed by atoms with van der Waals surface area (Å²) < 4.78 is 1.51. The van der Waals surface area contributed by atoms with E-state index in [9.17, 15) is 14.7 Å². The normalized spacial score (nSPS) is 14.1. The highest BCUT2D eigenvalue weighted by atomic mass is 16.3. The summed E-state index contributed by atoms with van der Waals surface area (Å²) in [5, 5.41) is 13.7. The second kappa shape index (κ2) is 16.8. The Morgan fingerprint density at radius 2 is 1.49 bits per heavy atom. The second-order valence-corrected chi connectivity index (χ2v) is 10.3. The van der Waals surface area contributed by atoms with Gasteiger partial charge < -0.3 is 20.2 Å². The highest BCUT2D eigenvalue weighted by Gasteiger charge is 2.29. The van der Waals surface area contributed by atoms with Gasteiger partial charge in [0.2, 0.25) is 0 Å². The Balaban J connectivity index is 1.45. The molecule has 1 aliphatic heterocycles. The number of aromatic nitrogens is 2. The molecule has 1 unspecified atom stereocenters. The van der Waals surface area contributed by atoms with Gasteiger partial charge in [0.25, 0.3) is 5.56 Å². The molecule has 0 saturated carbocycles. The predicted octanol–water partition coefficient (Wildman–Crippen LogP) is 4.11. The van der Waals surface area contributed by atoms with Crippen molar-refractivity contribution in [3.8, 4) is 0 Å². The van der Waals surface area contributed by atoms with Crippen LogP contribution < -0.4 is 26.4 Å². The number of rotatable bonds is 20. The Hall–Kier alpha value is -1.80. The molecule has 8 nitrogen and oxygen atoms in total. The molecule has 0 amide bonds. The van der Waals surface area contributed by atoms with E-state index in [4.69, 9.17) is 0 Å². The molecule has 0 saturated heterocycles. The first kappa shape index (κ1) is 29.4. The first-order chi connectivity index (χ1) is 17.0. The predicted molar refractivity (Wildman–Crippen MR) is 147 cm³/mol. The van der Waals surface area contributed by atoms with Crippen molar-refractivity contribution in [3.63, 3.8) is 0 Å². The lowest BCUT2D eigenvalue weighted by molar-refractivity contribution is 0.158. The molecule has 1 aliphatic rings. The van der Waals surface area contributed by atoms with E-state index in [1.807, 2.05) is 11.9 Å². The highest BCUT2D eigenvalue weighted by molar-refractivity contribution is 5.71. The fourth-order valence-corrected chi connectivity index (χ4v) is 5.02. The third kappa shape index (κ3) is 10.4. The molecule has 2 heterocycles. The zero-order chi connectivity index (χ0) is 25.5. The molecule has 1 atom stereocenters. The number of aromatic amines is 1. The summed E-state index contributed by atoms with van der Waals surface area (Å²) in [5.41, 5.74) is -0.166. The summed E-state index contributed by atoms with van der Waals surface area (Å²) in [6.07, 6.45) is 18.5. The number of aliphatic hydroxyl groups excluding tert-OH is 1. The molecule has 3 N–H and O–H groups in total. The van der Waals surface area contributed by atoms with E-state index in [1.54, 1.807) is 7.05 Å². The molecule has 1 aromatic rings. The minimum Gasteiger partial charge on any atom is -0.392 e. The van der Waals surface area contributed by atoms with Gasteiger partial charge in [-0.1, -0.05) is 77.6 Å². The van der Waals surface area contributed by atoms with Crippen LogP contribution in [0.4, 0.5) is 11.5 Å². The van der Waals surface area contributed by atoms with E-state index in [0.717, 1.165) is 32.4 Å². The molecule has 0 radical (unpaired) electrons. The average molecular weight is 494 g/mol. The summed E-state index contributed by atoms with van der Waals surface area (Å²) in [6.45, 7) is 5.25. The van der Waals surface area contributed by atoms with Crippen molar-refractivity contribution in [1.82, 2.24) is 14.9 Å². The number of aliphatic hydroxyl groups is 1. The van der Waals surface area contributed by atoms with Crippen molar-refractivity contribution in [3.05, 3.63) is 20.8 Å². The van der Waals surface area contributed by atoms with Crippen molar-refractivity contribution in [1.29, 1.82) is 0 Å². The quantitative estimate of drug-likeness (QED) is 0.237. The van der Waals surface area contributed by atoms with Gasteiger partial charge in [-0.25, -0.2) is 4.79 Å². The number of unbranched alkanes of at least 4 members (excludes halogenated alkanes) is 12. The van der Waals surface area contributed by atoms with Crippen LogP contribution in [-0.4, -0.2) is 54.1 Å². The summed E-state index contributed by atoms with van der Waals surface area (Å²) in [7, 11) is 3.56. The van der Waals surface area contributed by atoms with Gasteiger partial charge in [-0.3, -0.25) is 14.3 Å². The van der Waals surface area contributed by atoms with Gasteiger partial charge in [0.05, 0.1) is 12.8 Å². The SMILES string of the molecule is CCCCCCCCCCCCCCNCC(O)CCCCN1CN(C)c2c1n(C)c(=O)[nH]c2=O. The fourth-order valence-electron chi connectivity index (χ4n) is 5.02. The van der Waals surface area contributed by atoms with Crippen molar-refractivity contribution < 1.29 is 5.11 Å². The van der Waals surface area contributed by atoms with Crippen molar-refractivity contribution in [2.24, 2.45) is 7.05 Å². The molecule has 8 heteroatoms. The zero-order valence-electron chi connectivity index (χ0n) is 22.6. The minimum absolute atomic E-state index is 0.326. The number of anilines is 2. The summed E-state index contributed by atoms with van der Waals surface area (Å²) in [4.78, 5) is 30.4. The van der Waals surface area contributed by atoms with Crippen LogP contribution in [0.2, 0.25) is 0 Å². The average Bonchev–Trinajstić information content (AvgIpc) is 3.17. The standard InChI is InChI=1S/C27H51N5O3/c1-4-5-6-7-8-9-10-11-12-13-14-16-19-28-21-23(33)18-15-17-20-32-22-30(2)24-25(34)29-27(35)31(3)26(24)32/h23,28,33H,4-22H2,1-3H3,(H,29,34,35). The number of H-pyrrole nitrogens is 1. The largest absolute Gasteiger partial charge is 0.392 e. The monoisotopic (exact) mass is 493 g/mol. The Kier molecular flexibility index (Phi) is 14.1. The van der Waals surface area contributed by atoms with Crippen LogP contribution >= 0.6 is 0 Å². The Labute approximate surface area is 212 Å². The van der Waals surface area contributed by atoms with Gasteiger partial charge in [-0.2, -0.15) is 0 Å². The van der Waals surface area contributed by atoms with Gasteiger partial charge >= 0.3 is 5.69 Å². The second-order valence-electron chi connectivity index (χ2n) is 10.3. The van der Waals surface area contributed by atoms with Gasteiger partial charge in [-0.05, 0) is 32.2 Å².